The summed E-state index contributed by atoms with van der Waals surface area (Å²) < 4.78 is 5.50. The van der Waals surface area contributed by atoms with Crippen molar-refractivity contribution in [1.29, 1.82) is 0 Å². The van der Waals surface area contributed by atoms with Crippen molar-refractivity contribution in [2.75, 3.05) is 32.8 Å². The Kier molecular flexibility index (Phi) is 5.84. The van der Waals surface area contributed by atoms with Gasteiger partial charge in [-0.05, 0) is 37.3 Å². The molecule has 0 bridgehead atoms. The van der Waals surface area contributed by atoms with E-state index in [1.165, 1.54) is 5.56 Å². The number of nitrogens with zero attached hydrogens (tertiary/aromatic N) is 1. The van der Waals surface area contributed by atoms with Crippen LogP contribution >= 0.6 is 0 Å². The normalized spacial score (nSPS) is 29.3. The maximum atomic E-state index is 13.4. The zero-order valence-electron chi connectivity index (χ0n) is 15.3. The summed E-state index contributed by atoms with van der Waals surface area (Å²) in [6.07, 6.45) is 3.16. The summed E-state index contributed by atoms with van der Waals surface area (Å²) in [5.41, 5.74) is 7.84. The van der Waals surface area contributed by atoms with E-state index in [4.69, 9.17) is 4.74 Å². The number of benzene rings is 1. The van der Waals surface area contributed by atoms with E-state index in [1.807, 2.05) is 18.2 Å². The molecule has 3 N–H and O–H groups in total. The molecule has 0 spiro atoms. The Bertz CT molecular complexity index is 591. The zero-order valence-corrected chi connectivity index (χ0v) is 15.3. The number of hydrogen-bond donors (Lipinski definition) is 3. The summed E-state index contributed by atoms with van der Waals surface area (Å²) in [6.45, 7) is 5.05. The quantitative estimate of drug-likeness (QED) is 0.730. The molecule has 1 aromatic carbocycles. The second-order valence-electron chi connectivity index (χ2n) is 7.79. The first-order chi connectivity index (χ1) is 12.8. The molecule has 26 heavy (non-hydrogen) atoms. The molecule has 4 rings (SSSR count). The number of piperidine rings is 1. The van der Waals surface area contributed by atoms with Gasteiger partial charge in [0.1, 0.15) is 6.04 Å². The Balaban J connectivity index is 1.48. The summed E-state index contributed by atoms with van der Waals surface area (Å²) in [4.78, 5) is 15.5. The van der Waals surface area contributed by atoms with Crippen LogP contribution in [0.25, 0.3) is 0 Å². The SMILES string of the molecule is O=C(C1NNC2CCNCC21)N(Cc1ccccc1)CC1CCOCC1. The van der Waals surface area contributed by atoms with Crippen LogP contribution in [0, 0.1) is 11.8 Å². The van der Waals surface area contributed by atoms with Crippen LogP contribution in [0.1, 0.15) is 24.8 Å². The Morgan fingerprint density at radius 3 is 2.73 bits per heavy atom. The predicted molar refractivity (Wildman–Crippen MR) is 100 cm³/mol. The number of amides is 1. The zero-order chi connectivity index (χ0) is 17.8. The molecule has 142 valence electrons. The molecule has 0 aliphatic carbocycles. The van der Waals surface area contributed by atoms with Crippen LogP contribution in [0.2, 0.25) is 0 Å². The largest absolute Gasteiger partial charge is 0.381 e. The fourth-order valence-electron chi connectivity index (χ4n) is 4.43. The second kappa shape index (κ2) is 8.48. The van der Waals surface area contributed by atoms with Gasteiger partial charge in [-0.3, -0.25) is 10.2 Å². The monoisotopic (exact) mass is 358 g/mol. The summed E-state index contributed by atoms with van der Waals surface area (Å²) in [7, 11) is 0. The number of nitrogens with one attached hydrogen (secondary N) is 3. The van der Waals surface area contributed by atoms with E-state index in [0.717, 1.165) is 52.1 Å². The van der Waals surface area contributed by atoms with Crippen molar-refractivity contribution in [2.45, 2.75) is 37.9 Å². The van der Waals surface area contributed by atoms with Crippen molar-refractivity contribution in [3.05, 3.63) is 35.9 Å². The maximum Gasteiger partial charge on any atom is 0.241 e. The van der Waals surface area contributed by atoms with Crippen LogP contribution in [0.15, 0.2) is 30.3 Å². The first kappa shape index (κ1) is 17.9. The van der Waals surface area contributed by atoms with Crippen LogP contribution in [-0.4, -0.2) is 55.7 Å². The first-order valence-corrected chi connectivity index (χ1v) is 9.93. The average molecular weight is 358 g/mol. The number of carbonyl (C=O) groups is 1. The van der Waals surface area contributed by atoms with Gasteiger partial charge >= 0.3 is 0 Å². The van der Waals surface area contributed by atoms with Crippen molar-refractivity contribution in [3.8, 4) is 0 Å². The smallest absolute Gasteiger partial charge is 0.241 e. The molecule has 3 unspecified atom stereocenters. The number of fused-ring (bicyclic) bond motifs is 1. The molecule has 0 radical (unpaired) electrons. The molecule has 6 heteroatoms. The van der Waals surface area contributed by atoms with E-state index >= 15 is 0 Å². The van der Waals surface area contributed by atoms with Gasteiger partial charge in [-0.1, -0.05) is 30.3 Å². The van der Waals surface area contributed by atoms with Gasteiger partial charge in [0.2, 0.25) is 5.91 Å². The van der Waals surface area contributed by atoms with Crippen LogP contribution < -0.4 is 16.2 Å². The third-order valence-electron chi connectivity index (χ3n) is 5.99. The number of rotatable bonds is 5. The summed E-state index contributed by atoms with van der Waals surface area (Å²) in [5, 5.41) is 3.44. The molecule has 3 aliphatic rings. The van der Waals surface area contributed by atoms with Crippen LogP contribution in [0.5, 0.6) is 0 Å². The lowest BCUT2D eigenvalue weighted by atomic mass is 9.88. The maximum absolute atomic E-state index is 13.4. The molecule has 3 aliphatic heterocycles. The summed E-state index contributed by atoms with van der Waals surface area (Å²) in [6, 6.07) is 10.6. The van der Waals surface area contributed by atoms with Crippen molar-refractivity contribution < 1.29 is 9.53 Å². The van der Waals surface area contributed by atoms with Crippen molar-refractivity contribution in [2.24, 2.45) is 11.8 Å². The second-order valence-corrected chi connectivity index (χ2v) is 7.79. The first-order valence-electron chi connectivity index (χ1n) is 9.93. The van der Waals surface area contributed by atoms with Crippen molar-refractivity contribution in [3.63, 3.8) is 0 Å². The molecule has 0 aromatic heterocycles. The van der Waals surface area contributed by atoms with Gasteiger partial charge < -0.3 is 15.0 Å². The van der Waals surface area contributed by atoms with E-state index in [0.29, 0.717) is 24.4 Å². The van der Waals surface area contributed by atoms with Gasteiger partial charge in [-0.25, -0.2) is 5.43 Å². The predicted octanol–water partition coefficient (Wildman–Crippen LogP) is 0.896. The van der Waals surface area contributed by atoms with Crippen LogP contribution in [0.3, 0.4) is 0 Å². The molecular formula is C20H30N4O2. The van der Waals surface area contributed by atoms with E-state index < -0.39 is 0 Å². The van der Waals surface area contributed by atoms with Gasteiger partial charge in [0.05, 0.1) is 0 Å². The van der Waals surface area contributed by atoms with Gasteiger partial charge in [0.25, 0.3) is 0 Å². The number of carbonyl (C=O) groups excluding carboxylic acids is 1. The highest BCUT2D eigenvalue weighted by Crippen LogP contribution is 2.24. The van der Waals surface area contributed by atoms with Gasteiger partial charge in [-0.2, -0.15) is 0 Å². The molecular weight excluding hydrogens is 328 g/mol. The average Bonchev–Trinajstić information content (AvgIpc) is 3.13. The van der Waals surface area contributed by atoms with Gasteiger partial charge in [0, 0.05) is 44.8 Å². The molecule has 1 aromatic rings. The molecule has 6 nitrogen and oxygen atoms in total. The molecule has 3 saturated heterocycles. The van der Waals surface area contributed by atoms with E-state index in [2.05, 4.69) is 33.2 Å². The highest BCUT2D eigenvalue weighted by molar-refractivity contribution is 5.82. The van der Waals surface area contributed by atoms with E-state index in [9.17, 15) is 4.79 Å². The Labute approximate surface area is 155 Å². The Morgan fingerprint density at radius 2 is 1.92 bits per heavy atom. The van der Waals surface area contributed by atoms with Gasteiger partial charge in [-0.15, -0.1) is 0 Å². The van der Waals surface area contributed by atoms with Crippen molar-refractivity contribution in [1.82, 2.24) is 21.1 Å². The number of ether oxygens (including phenoxy) is 1. The summed E-state index contributed by atoms with van der Waals surface area (Å²) in [5.74, 6) is 1.08. The highest BCUT2D eigenvalue weighted by atomic mass is 16.5. The topological polar surface area (TPSA) is 65.6 Å². The summed E-state index contributed by atoms with van der Waals surface area (Å²) >= 11 is 0. The molecule has 0 saturated carbocycles. The standard InChI is InChI=1S/C20H30N4O2/c25-20(19-17-12-21-9-6-18(17)22-23-19)24(13-15-4-2-1-3-5-15)14-16-7-10-26-11-8-16/h1-5,16-19,21-23H,6-14H2. The lowest BCUT2D eigenvalue weighted by Crippen LogP contribution is -2.51. The minimum absolute atomic E-state index is 0.142. The fraction of sp³-hybridized carbons (Fsp3) is 0.650. The van der Waals surface area contributed by atoms with Crippen molar-refractivity contribution >= 4 is 5.91 Å². The minimum Gasteiger partial charge on any atom is -0.381 e. The van der Waals surface area contributed by atoms with E-state index in [-0.39, 0.29) is 11.9 Å². The minimum atomic E-state index is -0.142. The highest BCUT2D eigenvalue weighted by Gasteiger charge is 2.42. The van der Waals surface area contributed by atoms with Gasteiger partial charge in [0.15, 0.2) is 0 Å². The fourth-order valence-corrected chi connectivity index (χ4v) is 4.43. The van der Waals surface area contributed by atoms with Crippen LogP contribution in [-0.2, 0) is 16.1 Å². The number of hydrogen-bond acceptors (Lipinski definition) is 5. The molecule has 1 amide bonds. The third kappa shape index (κ3) is 4.09. The molecule has 3 atom stereocenters. The lowest BCUT2D eigenvalue weighted by molar-refractivity contribution is -0.136. The van der Waals surface area contributed by atoms with Crippen LogP contribution in [0.4, 0.5) is 0 Å². The Hall–Kier alpha value is -1.47. The lowest BCUT2D eigenvalue weighted by Gasteiger charge is -2.34. The third-order valence-corrected chi connectivity index (χ3v) is 5.99. The molecule has 3 heterocycles. The Morgan fingerprint density at radius 1 is 1.12 bits per heavy atom. The number of hydrazine groups is 1. The molecule has 3 fully saturated rings. The van der Waals surface area contributed by atoms with E-state index in [1.54, 1.807) is 0 Å².